The van der Waals surface area contributed by atoms with Crippen LogP contribution in [0.25, 0.3) is 11.1 Å². The molecule has 0 bridgehead atoms. The molecule has 3 rings (SSSR count). The molecule has 27 heavy (non-hydrogen) atoms. The molecule has 0 atom stereocenters. The molecule has 0 aliphatic rings. The van der Waals surface area contributed by atoms with Crippen LogP contribution in [0.3, 0.4) is 0 Å². The van der Waals surface area contributed by atoms with Crippen molar-refractivity contribution < 1.29 is 27.5 Å². The largest absolute Gasteiger partial charge is 0.477 e. The number of halogens is 4. The number of aromatic carboxylic acids is 1. The number of carboxylic acids is 1. The van der Waals surface area contributed by atoms with Gasteiger partial charge < -0.3 is 9.67 Å². The molecule has 1 heterocycles. The van der Waals surface area contributed by atoms with Crippen LogP contribution in [0.15, 0.2) is 54.6 Å². The Bertz CT molecular complexity index is 974. The normalized spacial score (nSPS) is 11.6. The van der Waals surface area contributed by atoms with Gasteiger partial charge in [0.1, 0.15) is 17.2 Å². The molecule has 7 heteroatoms. The van der Waals surface area contributed by atoms with Crippen LogP contribution in [-0.2, 0) is 12.7 Å². The van der Waals surface area contributed by atoms with E-state index in [9.17, 15) is 27.5 Å². The van der Waals surface area contributed by atoms with Crippen molar-refractivity contribution in [1.82, 2.24) is 4.57 Å². The van der Waals surface area contributed by atoms with Crippen molar-refractivity contribution in [3.8, 4) is 11.1 Å². The van der Waals surface area contributed by atoms with E-state index in [2.05, 4.69) is 0 Å². The molecule has 0 fully saturated rings. The van der Waals surface area contributed by atoms with E-state index in [4.69, 9.17) is 0 Å². The molecule has 3 nitrogen and oxygen atoms in total. The summed E-state index contributed by atoms with van der Waals surface area (Å²) in [5.74, 6) is -2.04. The van der Waals surface area contributed by atoms with Crippen molar-refractivity contribution in [1.29, 1.82) is 0 Å². The van der Waals surface area contributed by atoms with Crippen molar-refractivity contribution in [2.75, 3.05) is 0 Å². The maximum atomic E-state index is 13.8. The van der Waals surface area contributed by atoms with E-state index >= 15 is 0 Å². The quantitative estimate of drug-likeness (QED) is 0.622. The fourth-order valence-corrected chi connectivity index (χ4v) is 3.23. The Morgan fingerprint density at radius 1 is 1.04 bits per heavy atom. The third-order valence-electron chi connectivity index (χ3n) is 4.29. The minimum absolute atomic E-state index is 0.0641. The number of hydrogen-bond acceptors (Lipinski definition) is 1. The summed E-state index contributed by atoms with van der Waals surface area (Å²) >= 11 is 0. The topological polar surface area (TPSA) is 42.2 Å². The fraction of sp³-hybridized carbons (Fsp3) is 0.150. The molecule has 140 valence electrons. The fourth-order valence-electron chi connectivity index (χ4n) is 3.23. The lowest BCUT2D eigenvalue weighted by molar-refractivity contribution is -0.143. The molecule has 0 saturated carbocycles. The number of aromatic nitrogens is 1. The van der Waals surface area contributed by atoms with Crippen LogP contribution >= 0.6 is 0 Å². The molecule has 3 aromatic rings. The van der Waals surface area contributed by atoms with Crippen LogP contribution in [0, 0.1) is 12.7 Å². The molecule has 0 aliphatic heterocycles. The van der Waals surface area contributed by atoms with Crippen molar-refractivity contribution in [3.63, 3.8) is 0 Å². The third kappa shape index (κ3) is 3.58. The van der Waals surface area contributed by atoms with Gasteiger partial charge in [0.15, 0.2) is 0 Å². The van der Waals surface area contributed by atoms with Crippen LogP contribution < -0.4 is 0 Å². The molecular formula is C20H15F4NO2. The number of benzene rings is 2. The Morgan fingerprint density at radius 3 is 2.15 bits per heavy atom. The molecule has 0 radical (unpaired) electrons. The molecule has 1 N–H and O–H groups in total. The summed E-state index contributed by atoms with van der Waals surface area (Å²) in [6.07, 6.45) is -4.75. The van der Waals surface area contributed by atoms with Crippen LogP contribution in [0.2, 0.25) is 0 Å². The summed E-state index contributed by atoms with van der Waals surface area (Å²) in [5, 5.41) is 9.68. The number of alkyl halides is 3. The Labute approximate surface area is 152 Å². The summed E-state index contributed by atoms with van der Waals surface area (Å²) in [6.45, 7) is 0.981. The second kappa shape index (κ2) is 6.90. The van der Waals surface area contributed by atoms with Gasteiger partial charge in [-0.05, 0) is 35.7 Å². The predicted octanol–water partition coefficient (Wildman–Crippen LogP) is 5.37. The zero-order valence-electron chi connectivity index (χ0n) is 14.2. The number of carboxylic acid groups (broad SMARTS) is 1. The smallest absolute Gasteiger partial charge is 0.431 e. The monoisotopic (exact) mass is 377 g/mol. The number of carbonyl (C=O) groups is 1. The van der Waals surface area contributed by atoms with Gasteiger partial charge in [-0.25, -0.2) is 9.18 Å². The number of hydrogen-bond donors (Lipinski definition) is 1. The van der Waals surface area contributed by atoms with E-state index in [1.165, 1.54) is 19.1 Å². The molecule has 0 unspecified atom stereocenters. The average Bonchev–Trinajstić information content (AvgIpc) is 2.89. The van der Waals surface area contributed by atoms with Gasteiger partial charge in [0.25, 0.3) is 0 Å². The lowest BCUT2D eigenvalue weighted by atomic mass is 10.0. The number of rotatable bonds is 4. The van der Waals surface area contributed by atoms with Gasteiger partial charge in [0.2, 0.25) is 0 Å². The highest BCUT2D eigenvalue weighted by molar-refractivity contribution is 5.96. The molecule has 0 saturated heterocycles. The van der Waals surface area contributed by atoms with Gasteiger partial charge in [-0.15, -0.1) is 0 Å². The predicted molar refractivity (Wildman–Crippen MR) is 92.1 cm³/mol. The summed E-state index contributed by atoms with van der Waals surface area (Å²) in [6, 6.07) is 13.0. The second-order valence-electron chi connectivity index (χ2n) is 6.08. The van der Waals surface area contributed by atoms with Crippen molar-refractivity contribution in [3.05, 3.63) is 82.9 Å². The summed E-state index contributed by atoms with van der Waals surface area (Å²) in [4.78, 5) is 11.9. The van der Waals surface area contributed by atoms with Crippen LogP contribution in [0.1, 0.15) is 27.3 Å². The van der Waals surface area contributed by atoms with Gasteiger partial charge in [0, 0.05) is 12.1 Å². The van der Waals surface area contributed by atoms with Crippen LogP contribution in [0.5, 0.6) is 0 Å². The maximum absolute atomic E-state index is 13.8. The van der Waals surface area contributed by atoms with Gasteiger partial charge in [-0.1, -0.05) is 42.5 Å². The summed E-state index contributed by atoms with van der Waals surface area (Å²) in [5.41, 5.74) is -1.03. The van der Waals surface area contributed by atoms with Gasteiger partial charge >= 0.3 is 12.1 Å². The second-order valence-corrected chi connectivity index (χ2v) is 6.08. The van der Waals surface area contributed by atoms with Gasteiger partial charge in [-0.3, -0.25) is 0 Å². The minimum Gasteiger partial charge on any atom is -0.477 e. The first-order chi connectivity index (χ1) is 12.7. The van der Waals surface area contributed by atoms with Gasteiger partial charge in [0.05, 0.1) is 0 Å². The van der Waals surface area contributed by atoms with Gasteiger partial charge in [-0.2, -0.15) is 13.2 Å². The first-order valence-corrected chi connectivity index (χ1v) is 8.03. The van der Waals surface area contributed by atoms with E-state index in [0.29, 0.717) is 5.56 Å². The molecule has 0 amide bonds. The van der Waals surface area contributed by atoms with Crippen LogP contribution in [0.4, 0.5) is 17.6 Å². The Balaban J connectivity index is 2.31. The van der Waals surface area contributed by atoms with E-state index in [0.717, 1.165) is 16.7 Å². The Kier molecular flexibility index (Phi) is 4.78. The van der Waals surface area contributed by atoms with Crippen molar-refractivity contribution in [2.45, 2.75) is 19.6 Å². The van der Waals surface area contributed by atoms with E-state index in [1.807, 2.05) is 0 Å². The lowest BCUT2D eigenvalue weighted by Crippen LogP contribution is -2.19. The maximum Gasteiger partial charge on any atom is 0.431 e. The Morgan fingerprint density at radius 2 is 1.63 bits per heavy atom. The number of nitrogens with zero attached hydrogens (tertiary/aromatic N) is 1. The zero-order chi connectivity index (χ0) is 19.8. The Hall–Kier alpha value is -3.09. The SMILES string of the molecule is Cc1c(-c2ccc(F)cc2)c(C(=O)O)n(Cc2ccccc2)c1C(F)(F)F. The third-order valence-corrected chi connectivity index (χ3v) is 4.29. The first kappa shape index (κ1) is 18.7. The van der Waals surface area contributed by atoms with E-state index < -0.39 is 29.4 Å². The summed E-state index contributed by atoms with van der Waals surface area (Å²) in [7, 11) is 0. The first-order valence-electron chi connectivity index (χ1n) is 8.03. The average molecular weight is 377 g/mol. The summed E-state index contributed by atoms with van der Waals surface area (Å²) < 4.78 is 55.3. The lowest BCUT2D eigenvalue weighted by Gasteiger charge is -2.15. The molecular weight excluding hydrogens is 362 g/mol. The zero-order valence-corrected chi connectivity index (χ0v) is 14.2. The molecule has 2 aromatic carbocycles. The molecule has 0 spiro atoms. The molecule has 0 aliphatic carbocycles. The van der Waals surface area contributed by atoms with Crippen LogP contribution in [-0.4, -0.2) is 15.6 Å². The minimum atomic E-state index is -4.75. The van der Waals surface area contributed by atoms with Crippen molar-refractivity contribution in [2.24, 2.45) is 0 Å². The standard InChI is InChI=1S/C20H15F4NO2/c1-12-16(14-7-9-15(21)10-8-14)17(19(26)27)25(18(12)20(22,23)24)11-13-5-3-2-4-6-13/h2-10H,11H2,1H3,(H,26,27). The highest BCUT2D eigenvalue weighted by atomic mass is 19.4. The van der Waals surface area contributed by atoms with Crippen molar-refractivity contribution >= 4 is 5.97 Å². The van der Waals surface area contributed by atoms with E-state index in [-0.39, 0.29) is 23.2 Å². The highest BCUT2D eigenvalue weighted by Crippen LogP contribution is 2.41. The molecule has 1 aromatic heterocycles. The highest BCUT2D eigenvalue weighted by Gasteiger charge is 2.41. The van der Waals surface area contributed by atoms with E-state index in [1.54, 1.807) is 30.3 Å².